The smallest absolute Gasteiger partial charge is 0.0431 e. The van der Waals surface area contributed by atoms with Crippen molar-refractivity contribution in [1.82, 2.24) is 14.8 Å². The van der Waals surface area contributed by atoms with E-state index in [2.05, 4.69) is 40.8 Å². The van der Waals surface area contributed by atoms with Gasteiger partial charge in [0, 0.05) is 44.1 Å². The molecule has 2 fully saturated rings. The van der Waals surface area contributed by atoms with Crippen LogP contribution >= 0.6 is 0 Å². The molecule has 0 spiro atoms. The van der Waals surface area contributed by atoms with E-state index in [4.69, 9.17) is 0 Å². The zero-order valence-corrected chi connectivity index (χ0v) is 12.8. The second-order valence-electron chi connectivity index (χ2n) is 6.54. The van der Waals surface area contributed by atoms with E-state index in [0.29, 0.717) is 5.92 Å². The van der Waals surface area contributed by atoms with Crippen LogP contribution in [0.4, 0.5) is 0 Å². The molecule has 1 aromatic heterocycles. The minimum absolute atomic E-state index is 0.588. The Labute approximate surface area is 123 Å². The summed E-state index contributed by atoms with van der Waals surface area (Å²) in [5.74, 6) is 1.44. The van der Waals surface area contributed by atoms with E-state index < -0.39 is 0 Å². The highest BCUT2D eigenvalue weighted by Gasteiger charge is 2.36. The topological polar surface area (TPSA) is 19.4 Å². The van der Waals surface area contributed by atoms with Gasteiger partial charge in [-0.05, 0) is 43.4 Å². The molecule has 110 valence electrons. The fraction of sp³-hybridized carbons (Fsp3) is 0.706. The molecule has 0 N–H and O–H groups in total. The average Bonchev–Trinajstić information content (AvgIpc) is 2.89. The molecular weight excluding hydrogens is 246 g/mol. The lowest BCUT2D eigenvalue weighted by molar-refractivity contribution is 0.108. The highest BCUT2D eigenvalue weighted by Crippen LogP contribution is 2.33. The normalized spacial score (nSPS) is 29.3. The molecule has 3 rings (SSSR count). The van der Waals surface area contributed by atoms with E-state index >= 15 is 0 Å². The van der Waals surface area contributed by atoms with Gasteiger partial charge < -0.3 is 4.90 Å². The van der Waals surface area contributed by atoms with Crippen LogP contribution in [-0.2, 0) is 0 Å². The van der Waals surface area contributed by atoms with Crippen molar-refractivity contribution in [2.45, 2.75) is 38.6 Å². The Kier molecular flexibility index (Phi) is 4.37. The van der Waals surface area contributed by atoms with Crippen LogP contribution in [0.1, 0.15) is 38.3 Å². The fourth-order valence-electron chi connectivity index (χ4n) is 3.96. The summed E-state index contributed by atoms with van der Waals surface area (Å²) < 4.78 is 0. The largest absolute Gasteiger partial charge is 0.301 e. The molecule has 20 heavy (non-hydrogen) atoms. The molecule has 3 atom stereocenters. The van der Waals surface area contributed by atoms with Crippen molar-refractivity contribution in [3.63, 3.8) is 0 Å². The van der Waals surface area contributed by atoms with Crippen molar-refractivity contribution < 1.29 is 0 Å². The van der Waals surface area contributed by atoms with Gasteiger partial charge in [0.15, 0.2) is 0 Å². The maximum atomic E-state index is 4.51. The van der Waals surface area contributed by atoms with Crippen LogP contribution in [0.3, 0.4) is 0 Å². The third-order valence-electron chi connectivity index (χ3n) is 5.11. The third kappa shape index (κ3) is 3.04. The Bertz CT molecular complexity index is 420. The molecule has 0 saturated carbocycles. The molecule has 0 aliphatic carbocycles. The van der Waals surface area contributed by atoms with E-state index in [9.17, 15) is 0 Å². The Morgan fingerprint density at radius 2 is 2.20 bits per heavy atom. The molecule has 2 saturated heterocycles. The minimum Gasteiger partial charge on any atom is -0.301 e. The summed E-state index contributed by atoms with van der Waals surface area (Å²) >= 11 is 0. The lowest BCUT2D eigenvalue weighted by Crippen LogP contribution is -2.49. The Hall–Kier alpha value is -0.930. The van der Waals surface area contributed by atoms with E-state index in [-0.39, 0.29) is 0 Å². The van der Waals surface area contributed by atoms with Gasteiger partial charge in [-0.3, -0.25) is 9.88 Å². The van der Waals surface area contributed by atoms with Gasteiger partial charge in [-0.2, -0.15) is 0 Å². The van der Waals surface area contributed by atoms with Gasteiger partial charge >= 0.3 is 0 Å². The van der Waals surface area contributed by atoms with Crippen molar-refractivity contribution in [3.05, 3.63) is 30.1 Å². The zero-order valence-electron chi connectivity index (χ0n) is 12.8. The fourth-order valence-corrected chi connectivity index (χ4v) is 3.96. The zero-order chi connectivity index (χ0) is 13.9. The number of nitrogens with zero attached hydrogens (tertiary/aromatic N) is 3. The monoisotopic (exact) mass is 273 g/mol. The first-order chi connectivity index (χ1) is 9.76. The summed E-state index contributed by atoms with van der Waals surface area (Å²) in [5, 5.41) is 0. The Balaban J connectivity index is 1.55. The highest BCUT2D eigenvalue weighted by atomic mass is 15.3. The molecule has 3 heteroatoms. The van der Waals surface area contributed by atoms with Gasteiger partial charge in [0.1, 0.15) is 0 Å². The number of piperazine rings is 1. The van der Waals surface area contributed by atoms with Crippen molar-refractivity contribution in [2.75, 3.05) is 32.7 Å². The molecule has 0 amide bonds. The second kappa shape index (κ2) is 6.23. The molecule has 0 radical (unpaired) electrons. The van der Waals surface area contributed by atoms with Crippen LogP contribution in [0.2, 0.25) is 0 Å². The standard InChI is InChI=1S/C17H27N3/c1-3-19-8-9-20-12-15(11-16(20)13-19)10-14(2)17-6-4-5-7-18-17/h4-7,14-16H,3,8-13H2,1-2H3. The maximum Gasteiger partial charge on any atom is 0.0431 e. The van der Waals surface area contributed by atoms with E-state index in [0.717, 1.165) is 12.0 Å². The Morgan fingerprint density at radius 3 is 2.95 bits per heavy atom. The van der Waals surface area contributed by atoms with Crippen molar-refractivity contribution >= 4 is 0 Å². The van der Waals surface area contributed by atoms with Gasteiger partial charge in [0.25, 0.3) is 0 Å². The van der Waals surface area contributed by atoms with Gasteiger partial charge in [-0.15, -0.1) is 0 Å². The summed E-state index contributed by atoms with van der Waals surface area (Å²) in [5.41, 5.74) is 1.26. The molecule has 0 bridgehead atoms. The summed E-state index contributed by atoms with van der Waals surface area (Å²) in [6.07, 6.45) is 4.59. The van der Waals surface area contributed by atoms with Crippen molar-refractivity contribution in [3.8, 4) is 0 Å². The number of fused-ring (bicyclic) bond motifs is 1. The summed E-state index contributed by atoms with van der Waals surface area (Å²) in [7, 11) is 0. The van der Waals surface area contributed by atoms with Gasteiger partial charge in [0.05, 0.1) is 0 Å². The molecule has 0 aromatic carbocycles. The van der Waals surface area contributed by atoms with Gasteiger partial charge in [-0.25, -0.2) is 0 Å². The molecule has 2 aliphatic heterocycles. The quantitative estimate of drug-likeness (QED) is 0.840. The Morgan fingerprint density at radius 1 is 1.30 bits per heavy atom. The molecule has 3 nitrogen and oxygen atoms in total. The highest BCUT2D eigenvalue weighted by molar-refractivity contribution is 5.09. The number of aromatic nitrogens is 1. The number of pyridine rings is 1. The molecule has 3 unspecified atom stereocenters. The third-order valence-corrected chi connectivity index (χ3v) is 5.11. The van der Waals surface area contributed by atoms with Crippen molar-refractivity contribution in [1.29, 1.82) is 0 Å². The molecular formula is C17H27N3. The van der Waals surface area contributed by atoms with Gasteiger partial charge in [0.2, 0.25) is 0 Å². The van der Waals surface area contributed by atoms with Crippen LogP contribution in [0, 0.1) is 5.92 Å². The minimum atomic E-state index is 0.588. The first-order valence-electron chi connectivity index (χ1n) is 8.13. The van der Waals surface area contributed by atoms with Gasteiger partial charge in [-0.1, -0.05) is 19.9 Å². The lowest BCUT2D eigenvalue weighted by atomic mass is 9.91. The van der Waals surface area contributed by atoms with Crippen molar-refractivity contribution in [2.24, 2.45) is 5.92 Å². The number of hydrogen-bond acceptors (Lipinski definition) is 3. The predicted octanol–water partition coefficient (Wildman–Crippen LogP) is 2.60. The maximum absolute atomic E-state index is 4.51. The summed E-state index contributed by atoms with van der Waals surface area (Å²) in [6, 6.07) is 7.09. The number of rotatable bonds is 4. The molecule has 3 heterocycles. The lowest BCUT2D eigenvalue weighted by Gasteiger charge is -2.36. The van der Waals surface area contributed by atoms with Crippen LogP contribution in [0.25, 0.3) is 0 Å². The first-order valence-corrected chi connectivity index (χ1v) is 8.13. The van der Waals surface area contributed by atoms with E-state index in [1.807, 2.05) is 12.3 Å². The SMILES string of the molecule is CCN1CCN2CC(CC(C)c3ccccn3)CC2C1. The number of likely N-dealkylation sites (N-methyl/N-ethyl adjacent to an activating group) is 1. The summed E-state index contributed by atoms with van der Waals surface area (Å²) in [6.45, 7) is 10.9. The van der Waals surface area contributed by atoms with E-state index in [1.54, 1.807) is 0 Å². The van der Waals surface area contributed by atoms with Crippen LogP contribution in [0.15, 0.2) is 24.4 Å². The average molecular weight is 273 g/mol. The summed E-state index contributed by atoms with van der Waals surface area (Å²) in [4.78, 5) is 9.84. The predicted molar refractivity (Wildman–Crippen MR) is 82.9 cm³/mol. The molecule has 1 aromatic rings. The van der Waals surface area contributed by atoms with Crippen LogP contribution < -0.4 is 0 Å². The first kappa shape index (κ1) is 14.0. The van der Waals surface area contributed by atoms with Crippen LogP contribution in [-0.4, -0.2) is 53.5 Å². The molecule has 2 aliphatic rings. The second-order valence-corrected chi connectivity index (χ2v) is 6.54. The number of hydrogen-bond donors (Lipinski definition) is 0. The van der Waals surface area contributed by atoms with Crippen LogP contribution in [0.5, 0.6) is 0 Å². The van der Waals surface area contributed by atoms with E-state index in [1.165, 1.54) is 51.3 Å².